The van der Waals surface area contributed by atoms with E-state index in [4.69, 9.17) is 9.47 Å². The van der Waals surface area contributed by atoms with Crippen molar-refractivity contribution in [1.82, 2.24) is 9.66 Å². The van der Waals surface area contributed by atoms with Gasteiger partial charge in [0, 0.05) is 12.0 Å². The number of fused-ring (bicyclic) bond motifs is 1. The summed E-state index contributed by atoms with van der Waals surface area (Å²) in [6.07, 6.45) is 2.74. The minimum atomic E-state index is -0.715. The van der Waals surface area contributed by atoms with Gasteiger partial charge in [-0.2, -0.15) is 0 Å². The molecule has 0 saturated heterocycles. The fraction of sp³-hybridized carbons (Fsp3) is 0.286. The molecule has 0 aliphatic heterocycles. The maximum absolute atomic E-state index is 14.0. The SMILES string of the molecule is COc1cc2nc(C3CCC3)n(NC(=O)c3ccccc3F)c(=O)c2cc1OC. The molecule has 1 heterocycles. The molecular weight excluding hydrogens is 377 g/mol. The van der Waals surface area contributed by atoms with Crippen LogP contribution < -0.4 is 20.5 Å². The van der Waals surface area contributed by atoms with Crippen LogP contribution >= 0.6 is 0 Å². The van der Waals surface area contributed by atoms with Crippen LogP contribution in [0.1, 0.15) is 41.4 Å². The number of carbonyl (C=O) groups excluding carboxylic acids is 1. The van der Waals surface area contributed by atoms with E-state index >= 15 is 0 Å². The summed E-state index contributed by atoms with van der Waals surface area (Å²) >= 11 is 0. The second-order valence-corrected chi connectivity index (χ2v) is 6.88. The third-order valence-electron chi connectivity index (χ3n) is 5.20. The third kappa shape index (κ3) is 3.30. The second-order valence-electron chi connectivity index (χ2n) is 6.88. The number of nitrogens with one attached hydrogen (secondary N) is 1. The minimum Gasteiger partial charge on any atom is -0.493 e. The number of hydrogen-bond acceptors (Lipinski definition) is 5. The van der Waals surface area contributed by atoms with Gasteiger partial charge < -0.3 is 9.47 Å². The predicted octanol–water partition coefficient (Wildman–Crippen LogP) is 3.20. The molecule has 0 bridgehead atoms. The van der Waals surface area contributed by atoms with E-state index in [1.165, 1.54) is 38.5 Å². The first-order chi connectivity index (χ1) is 14.0. The highest BCUT2D eigenvalue weighted by atomic mass is 19.1. The Balaban J connectivity index is 1.87. The molecule has 0 unspecified atom stereocenters. The average molecular weight is 397 g/mol. The molecule has 3 aromatic rings. The Morgan fingerprint density at radius 1 is 1.17 bits per heavy atom. The molecule has 4 rings (SSSR count). The van der Waals surface area contributed by atoms with E-state index < -0.39 is 17.3 Å². The standard InChI is InChI=1S/C21H20FN3O4/c1-28-17-10-14-16(11-18(17)29-2)23-19(12-6-5-7-12)25(21(14)27)24-20(26)13-8-3-4-9-15(13)22/h3-4,8-12H,5-7H2,1-2H3,(H,24,26). The molecule has 7 nitrogen and oxygen atoms in total. The summed E-state index contributed by atoms with van der Waals surface area (Å²) in [5.74, 6) is -0.0514. The van der Waals surface area contributed by atoms with Gasteiger partial charge in [0.05, 0.1) is 30.7 Å². The van der Waals surface area contributed by atoms with Crippen molar-refractivity contribution in [3.8, 4) is 11.5 Å². The van der Waals surface area contributed by atoms with Crippen LogP contribution in [0.5, 0.6) is 11.5 Å². The van der Waals surface area contributed by atoms with Crippen LogP contribution in [0, 0.1) is 5.82 Å². The maximum atomic E-state index is 14.0. The molecule has 1 aliphatic carbocycles. The van der Waals surface area contributed by atoms with Crippen LogP contribution in [-0.4, -0.2) is 29.8 Å². The summed E-state index contributed by atoms with van der Waals surface area (Å²) < 4.78 is 25.7. The summed E-state index contributed by atoms with van der Waals surface area (Å²) in [6.45, 7) is 0. The zero-order chi connectivity index (χ0) is 20.5. The van der Waals surface area contributed by atoms with Crippen LogP contribution in [0.4, 0.5) is 4.39 Å². The van der Waals surface area contributed by atoms with Crippen molar-refractivity contribution in [3.63, 3.8) is 0 Å². The smallest absolute Gasteiger partial charge is 0.280 e. The number of nitrogens with zero attached hydrogens (tertiary/aromatic N) is 2. The predicted molar refractivity (Wildman–Crippen MR) is 106 cm³/mol. The largest absolute Gasteiger partial charge is 0.493 e. The van der Waals surface area contributed by atoms with E-state index in [2.05, 4.69) is 10.4 Å². The fourth-order valence-electron chi connectivity index (χ4n) is 3.39. The number of rotatable bonds is 5. The third-order valence-corrected chi connectivity index (χ3v) is 5.20. The summed E-state index contributed by atoms with van der Waals surface area (Å²) in [7, 11) is 2.98. The molecule has 1 aliphatic rings. The number of aromatic nitrogens is 2. The van der Waals surface area contributed by atoms with Gasteiger partial charge >= 0.3 is 0 Å². The van der Waals surface area contributed by atoms with Crippen LogP contribution in [-0.2, 0) is 0 Å². The van der Waals surface area contributed by atoms with Crippen molar-refractivity contribution in [2.75, 3.05) is 19.6 Å². The number of hydrogen-bond donors (Lipinski definition) is 1. The summed E-state index contributed by atoms with van der Waals surface area (Å²) in [5.41, 5.74) is 2.38. The lowest BCUT2D eigenvalue weighted by Gasteiger charge is -2.27. The highest BCUT2D eigenvalue weighted by Gasteiger charge is 2.27. The molecule has 2 aromatic carbocycles. The fourth-order valence-corrected chi connectivity index (χ4v) is 3.39. The first kappa shape index (κ1) is 18.9. The monoisotopic (exact) mass is 397 g/mol. The number of carbonyl (C=O) groups is 1. The number of ether oxygens (including phenoxy) is 2. The zero-order valence-electron chi connectivity index (χ0n) is 16.1. The summed E-state index contributed by atoms with van der Waals surface area (Å²) in [4.78, 5) is 30.5. The quantitative estimate of drug-likeness (QED) is 0.715. The maximum Gasteiger partial charge on any atom is 0.280 e. The van der Waals surface area contributed by atoms with Crippen LogP contribution in [0.25, 0.3) is 10.9 Å². The lowest BCUT2D eigenvalue weighted by Crippen LogP contribution is -2.38. The minimum absolute atomic E-state index is 0.0427. The highest BCUT2D eigenvalue weighted by Crippen LogP contribution is 2.36. The van der Waals surface area contributed by atoms with E-state index in [1.807, 2.05) is 0 Å². The molecule has 1 N–H and O–H groups in total. The van der Waals surface area contributed by atoms with Crippen molar-refractivity contribution in [3.05, 3.63) is 64.0 Å². The van der Waals surface area contributed by atoms with Crippen molar-refractivity contribution < 1.29 is 18.7 Å². The van der Waals surface area contributed by atoms with Crippen LogP contribution in [0.3, 0.4) is 0 Å². The zero-order valence-corrected chi connectivity index (χ0v) is 16.1. The van der Waals surface area contributed by atoms with Gasteiger partial charge in [-0.05, 0) is 31.0 Å². The van der Waals surface area contributed by atoms with Crippen LogP contribution in [0.2, 0.25) is 0 Å². The summed E-state index contributed by atoms with van der Waals surface area (Å²) in [6, 6.07) is 8.78. The van der Waals surface area contributed by atoms with Gasteiger partial charge in [0.15, 0.2) is 11.5 Å². The molecule has 29 heavy (non-hydrogen) atoms. The Labute approximate surface area is 166 Å². The molecule has 0 spiro atoms. The normalized spacial score (nSPS) is 13.8. The van der Waals surface area contributed by atoms with Crippen molar-refractivity contribution in [2.45, 2.75) is 25.2 Å². The first-order valence-corrected chi connectivity index (χ1v) is 9.28. The molecule has 1 aromatic heterocycles. The Morgan fingerprint density at radius 2 is 1.86 bits per heavy atom. The van der Waals surface area contributed by atoms with Gasteiger partial charge in [-0.15, -0.1) is 0 Å². The lowest BCUT2D eigenvalue weighted by molar-refractivity contribution is 0.100. The second kappa shape index (κ2) is 7.54. The van der Waals surface area contributed by atoms with Gasteiger partial charge in [0.1, 0.15) is 11.6 Å². The lowest BCUT2D eigenvalue weighted by atomic mass is 9.84. The molecule has 1 fully saturated rings. The Morgan fingerprint density at radius 3 is 2.48 bits per heavy atom. The number of benzene rings is 2. The first-order valence-electron chi connectivity index (χ1n) is 9.28. The highest BCUT2D eigenvalue weighted by molar-refractivity contribution is 6.00. The average Bonchev–Trinajstić information content (AvgIpc) is 2.68. The van der Waals surface area contributed by atoms with E-state index in [0.29, 0.717) is 22.8 Å². The number of methoxy groups -OCH3 is 2. The van der Waals surface area contributed by atoms with Gasteiger partial charge in [0.2, 0.25) is 0 Å². The van der Waals surface area contributed by atoms with Crippen molar-refractivity contribution in [2.24, 2.45) is 0 Å². The van der Waals surface area contributed by atoms with E-state index in [0.717, 1.165) is 23.9 Å². The van der Waals surface area contributed by atoms with Gasteiger partial charge in [-0.3, -0.25) is 15.0 Å². The Kier molecular flexibility index (Phi) is 4.92. The molecular formula is C21H20FN3O4. The van der Waals surface area contributed by atoms with E-state index in [-0.39, 0.29) is 16.9 Å². The molecule has 1 saturated carbocycles. The van der Waals surface area contributed by atoms with Gasteiger partial charge in [-0.1, -0.05) is 18.6 Å². The molecule has 1 amide bonds. The van der Waals surface area contributed by atoms with E-state index in [9.17, 15) is 14.0 Å². The summed E-state index contributed by atoms with van der Waals surface area (Å²) in [5, 5.41) is 0.263. The van der Waals surface area contributed by atoms with Crippen molar-refractivity contribution in [1.29, 1.82) is 0 Å². The molecule has 0 radical (unpaired) electrons. The Hall–Kier alpha value is -3.42. The topological polar surface area (TPSA) is 82.5 Å². The number of halogens is 1. The van der Waals surface area contributed by atoms with Gasteiger partial charge in [0.25, 0.3) is 11.5 Å². The van der Waals surface area contributed by atoms with Gasteiger partial charge in [-0.25, -0.2) is 14.1 Å². The Bertz CT molecular complexity index is 1150. The number of amides is 1. The molecule has 8 heteroatoms. The van der Waals surface area contributed by atoms with Crippen LogP contribution in [0.15, 0.2) is 41.2 Å². The van der Waals surface area contributed by atoms with E-state index in [1.54, 1.807) is 12.1 Å². The van der Waals surface area contributed by atoms with Crippen molar-refractivity contribution >= 4 is 16.8 Å². The molecule has 150 valence electrons. The molecule has 0 atom stereocenters.